The highest BCUT2D eigenvalue weighted by atomic mass is 79.9. The third kappa shape index (κ3) is 3.17. The zero-order chi connectivity index (χ0) is 20.0. The van der Waals surface area contributed by atoms with Gasteiger partial charge in [0.2, 0.25) is 6.23 Å². The summed E-state index contributed by atoms with van der Waals surface area (Å²) in [5, 5.41) is 18.1. The topological polar surface area (TPSA) is 68.0 Å². The number of non-ortho nitro benzene ring substituents is 1. The minimum absolute atomic E-state index is 0.00396. The fourth-order valence-corrected chi connectivity index (χ4v) is 4.25. The third-order valence-corrected chi connectivity index (χ3v) is 5.72. The van der Waals surface area contributed by atoms with E-state index < -0.39 is 11.2 Å². The van der Waals surface area contributed by atoms with Crippen LogP contribution in [0.4, 0.5) is 5.69 Å². The van der Waals surface area contributed by atoms with Crippen LogP contribution in [0.25, 0.3) is 0 Å². The number of fused-ring (bicyclic) bond motifs is 3. The zero-order valence-corrected chi connectivity index (χ0v) is 16.8. The molecule has 0 saturated heterocycles. The van der Waals surface area contributed by atoms with Crippen molar-refractivity contribution in [2.75, 3.05) is 0 Å². The molecular weight excluding hydrogens is 434 g/mol. The molecule has 5 rings (SSSR count). The van der Waals surface area contributed by atoms with Crippen molar-refractivity contribution in [2.45, 2.75) is 18.7 Å². The summed E-state index contributed by atoms with van der Waals surface area (Å²) >= 11 is 3.55. The van der Waals surface area contributed by atoms with Crippen LogP contribution in [0.3, 0.4) is 0 Å². The van der Waals surface area contributed by atoms with Gasteiger partial charge in [0.15, 0.2) is 0 Å². The standard InChI is InChI=1S/C22H16BrN3O3/c23-16-9-10-21-18(12-16)20-13-19(14-5-2-1-3-6-14)24-25(20)22(29-21)15-7-4-8-17(11-15)26(27)28/h1-12,20,22H,13H2/t20-,22+/m0/s1. The van der Waals surface area contributed by atoms with Crippen LogP contribution in [0.1, 0.15) is 35.4 Å². The van der Waals surface area contributed by atoms with E-state index >= 15 is 0 Å². The van der Waals surface area contributed by atoms with E-state index in [1.165, 1.54) is 6.07 Å². The van der Waals surface area contributed by atoms with Crippen molar-refractivity contribution in [3.8, 4) is 5.75 Å². The molecule has 0 saturated carbocycles. The van der Waals surface area contributed by atoms with Gasteiger partial charge in [-0.2, -0.15) is 5.10 Å². The lowest BCUT2D eigenvalue weighted by Crippen LogP contribution is -2.33. The first-order valence-corrected chi connectivity index (χ1v) is 10.0. The Morgan fingerprint density at radius 2 is 1.90 bits per heavy atom. The van der Waals surface area contributed by atoms with Crippen molar-refractivity contribution in [3.05, 3.63) is 104 Å². The normalized spacial score (nSPS) is 19.8. The van der Waals surface area contributed by atoms with Gasteiger partial charge >= 0.3 is 0 Å². The van der Waals surface area contributed by atoms with Gasteiger partial charge in [-0.15, -0.1) is 0 Å². The summed E-state index contributed by atoms with van der Waals surface area (Å²) in [6.07, 6.45) is 0.206. The molecule has 0 bridgehead atoms. The first-order chi connectivity index (χ1) is 14.1. The molecule has 2 atom stereocenters. The van der Waals surface area contributed by atoms with Gasteiger partial charge in [-0.1, -0.05) is 58.4 Å². The van der Waals surface area contributed by atoms with Crippen molar-refractivity contribution in [2.24, 2.45) is 5.10 Å². The average Bonchev–Trinajstić information content (AvgIpc) is 3.20. The Bertz CT molecular complexity index is 1130. The van der Waals surface area contributed by atoms with Gasteiger partial charge in [0, 0.05) is 34.2 Å². The molecule has 0 amide bonds. The predicted molar refractivity (Wildman–Crippen MR) is 113 cm³/mol. The number of hydrogen-bond donors (Lipinski definition) is 0. The molecule has 0 N–H and O–H groups in total. The molecule has 0 aromatic heterocycles. The molecule has 29 heavy (non-hydrogen) atoms. The minimum Gasteiger partial charge on any atom is -0.464 e. The van der Waals surface area contributed by atoms with Gasteiger partial charge in [0.25, 0.3) is 5.69 Å². The quantitative estimate of drug-likeness (QED) is 0.385. The van der Waals surface area contributed by atoms with E-state index in [2.05, 4.69) is 22.0 Å². The zero-order valence-electron chi connectivity index (χ0n) is 15.2. The van der Waals surface area contributed by atoms with Crippen LogP contribution in [0.5, 0.6) is 5.75 Å². The van der Waals surface area contributed by atoms with Crippen molar-refractivity contribution >= 4 is 27.3 Å². The van der Waals surface area contributed by atoms with Crippen LogP contribution in [-0.4, -0.2) is 15.6 Å². The van der Waals surface area contributed by atoms with Gasteiger partial charge < -0.3 is 4.74 Å². The number of hydrogen-bond acceptors (Lipinski definition) is 5. The van der Waals surface area contributed by atoms with Crippen molar-refractivity contribution in [1.82, 2.24) is 5.01 Å². The molecule has 0 aliphatic carbocycles. The number of ether oxygens (including phenoxy) is 1. The molecule has 144 valence electrons. The van der Waals surface area contributed by atoms with Crippen molar-refractivity contribution < 1.29 is 9.66 Å². The van der Waals surface area contributed by atoms with Gasteiger partial charge in [-0.25, -0.2) is 5.01 Å². The van der Waals surface area contributed by atoms with Crippen LogP contribution in [0, 0.1) is 10.1 Å². The highest BCUT2D eigenvalue weighted by molar-refractivity contribution is 9.10. The van der Waals surface area contributed by atoms with E-state index in [-0.39, 0.29) is 11.7 Å². The van der Waals surface area contributed by atoms with E-state index in [9.17, 15) is 10.1 Å². The molecule has 3 aromatic carbocycles. The molecule has 0 unspecified atom stereocenters. The summed E-state index contributed by atoms with van der Waals surface area (Å²) in [5.74, 6) is 0.774. The van der Waals surface area contributed by atoms with Crippen LogP contribution in [0.2, 0.25) is 0 Å². The van der Waals surface area contributed by atoms with E-state index in [4.69, 9.17) is 9.84 Å². The maximum atomic E-state index is 11.3. The van der Waals surface area contributed by atoms with Crippen molar-refractivity contribution in [3.63, 3.8) is 0 Å². The maximum Gasteiger partial charge on any atom is 0.269 e. The van der Waals surface area contributed by atoms with Crippen LogP contribution >= 0.6 is 15.9 Å². The number of hydrazone groups is 1. The predicted octanol–water partition coefficient (Wildman–Crippen LogP) is 5.60. The second kappa shape index (κ2) is 7.00. The number of halogens is 1. The average molecular weight is 450 g/mol. The Morgan fingerprint density at radius 1 is 1.07 bits per heavy atom. The number of nitro groups is 1. The van der Waals surface area contributed by atoms with E-state index in [0.29, 0.717) is 5.56 Å². The van der Waals surface area contributed by atoms with E-state index in [1.807, 2.05) is 53.5 Å². The maximum absolute atomic E-state index is 11.3. The third-order valence-electron chi connectivity index (χ3n) is 5.23. The molecule has 3 aromatic rings. The Balaban J connectivity index is 1.61. The van der Waals surface area contributed by atoms with Gasteiger partial charge in [0.05, 0.1) is 16.7 Å². The Morgan fingerprint density at radius 3 is 2.69 bits per heavy atom. The molecule has 0 fully saturated rings. The Labute approximate surface area is 175 Å². The summed E-state index contributed by atoms with van der Waals surface area (Å²) in [4.78, 5) is 10.9. The SMILES string of the molecule is O=[N+]([O-])c1cccc([C@H]2Oc3ccc(Br)cc3[C@@H]3CC(c4ccccc4)=NN23)c1. The lowest BCUT2D eigenvalue weighted by molar-refractivity contribution is -0.385. The second-order valence-corrected chi connectivity index (χ2v) is 7.93. The van der Waals surface area contributed by atoms with Gasteiger partial charge in [0.1, 0.15) is 5.75 Å². The van der Waals surface area contributed by atoms with E-state index in [0.717, 1.165) is 33.5 Å². The van der Waals surface area contributed by atoms with Gasteiger partial charge in [-0.05, 0) is 23.8 Å². The highest BCUT2D eigenvalue weighted by Crippen LogP contribution is 2.48. The monoisotopic (exact) mass is 449 g/mol. The summed E-state index contributed by atoms with van der Waals surface area (Å²) in [7, 11) is 0. The van der Waals surface area contributed by atoms with Gasteiger partial charge in [-0.3, -0.25) is 10.1 Å². The molecule has 0 radical (unpaired) electrons. The van der Waals surface area contributed by atoms with Crippen LogP contribution in [0.15, 0.2) is 82.4 Å². The lowest BCUT2D eigenvalue weighted by atomic mass is 9.96. The Hall–Kier alpha value is -3.19. The van der Waals surface area contributed by atoms with Crippen LogP contribution in [-0.2, 0) is 0 Å². The van der Waals surface area contributed by atoms with Crippen LogP contribution < -0.4 is 4.74 Å². The summed E-state index contributed by atoms with van der Waals surface area (Å²) in [6.45, 7) is 0. The van der Waals surface area contributed by atoms with Crippen molar-refractivity contribution in [1.29, 1.82) is 0 Å². The lowest BCUT2D eigenvalue weighted by Gasteiger charge is -2.38. The molecule has 2 aliphatic heterocycles. The minimum atomic E-state index is -0.533. The summed E-state index contributed by atoms with van der Waals surface area (Å²) in [6, 6.07) is 22.5. The smallest absolute Gasteiger partial charge is 0.269 e. The molecular formula is C22H16BrN3O3. The first kappa shape index (κ1) is 17.9. The number of rotatable bonds is 3. The highest BCUT2D eigenvalue weighted by Gasteiger charge is 2.41. The molecule has 2 aliphatic rings. The fraction of sp³-hybridized carbons (Fsp3) is 0.136. The largest absolute Gasteiger partial charge is 0.464 e. The second-order valence-electron chi connectivity index (χ2n) is 7.02. The molecule has 0 spiro atoms. The van der Waals surface area contributed by atoms with E-state index in [1.54, 1.807) is 12.1 Å². The number of benzene rings is 3. The Kier molecular flexibility index (Phi) is 4.32. The summed E-state index contributed by atoms with van der Waals surface area (Å²) < 4.78 is 7.26. The summed E-state index contributed by atoms with van der Waals surface area (Å²) in [5.41, 5.74) is 3.83. The molecule has 7 heteroatoms. The molecule has 6 nitrogen and oxygen atoms in total. The number of nitro benzene ring substituents is 1. The molecule has 2 heterocycles. The fourth-order valence-electron chi connectivity index (χ4n) is 3.88. The number of nitrogens with zero attached hydrogens (tertiary/aromatic N) is 3. The first-order valence-electron chi connectivity index (χ1n) is 9.22.